The Kier molecular flexibility index (Phi) is 5.88. The molecule has 0 atom stereocenters. The molecule has 0 unspecified atom stereocenters. The Balaban J connectivity index is 1.31. The summed E-state index contributed by atoms with van der Waals surface area (Å²) in [5.41, 5.74) is 12.3. The molecule has 0 aliphatic carbocycles. The quantitative estimate of drug-likeness (QED) is 0.206. The van der Waals surface area contributed by atoms with Gasteiger partial charge in [0.05, 0.1) is 11.6 Å². The van der Waals surface area contributed by atoms with Gasteiger partial charge in [0.15, 0.2) is 0 Å². The molecule has 0 radical (unpaired) electrons. The summed E-state index contributed by atoms with van der Waals surface area (Å²) in [6.07, 6.45) is 0. The Bertz CT molecular complexity index is 2670. The Morgan fingerprint density at radius 3 is 1.72 bits per heavy atom. The maximum atomic E-state index is 10.0. The lowest BCUT2D eigenvalue weighted by Gasteiger charge is -2.17. The monoisotopic (exact) mass is 587 g/mol. The Morgan fingerprint density at radius 1 is 0.370 bits per heavy atom. The average Bonchev–Trinajstić information content (AvgIpc) is 3.69. The molecule has 3 heteroatoms. The molecule has 0 aliphatic rings. The van der Waals surface area contributed by atoms with Crippen LogP contribution in [0.4, 0.5) is 0 Å². The van der Waals surface area contributed by atoms with E-state index in [9.17, 15) is 5.26 Å². The minimum atomic E-state index is 0.641. The average molecular weight is 588 g/mol. The minimum absolute atomic E-state index is 0.641. The van der Waals surface area contributed by atoms with Gasteiger partial charge >= 0.3 is 0 Å². The van der Waals surface area contributed by atoms with Crippen LogP contribution in [0.5, 0.6) is 0 Å². The van der Waals surface area contributed by atoms with E-state index >= 15 is 0 Å². The Morgan fingerprint density at radius 2 is 0.913 bits per heavy atom. The highest BCUT2D eigenvalue weighted by Gasteiger charge is 2.19. The summed E-state index contributed by atoms with van der Waals surface area (Å²) < 4.78 is 12.8. The molecule has 9 aromatic rings. The van der Waals surface area contributed by atoms with Gasteiger partial charge in [-0.25, -0.2) is 0 Å². The number of rotatable bonds is 4. The lowest BCUT2D eigenvalue weighted by atomic mass is 9.86. The number of benzene rings is 7. The number of nitriles is 1. The van der Waals surface area contributed by atoms with Gasteiger partial charge in [-0.1, -0.05) is 115 Å². The maximum Gasteiger partial charge on any atom is 0.143 e. The van der Waals surface area contributed by atoms with Crippen molar-refractivity contribution in [2.75, 3.05) is 0 Å². The van der Waals surface area contributed by atoms with E-state index in [1.807, 2.05) is 66.7 Å². The fourth-order valence-corrected chi connectivity index (χ4v) is 6.81. The molecule has 0 aliphatic heterocycles. The second kappa shape index (κ2) is 10.4. The van der Waals surface area contributed by atoms with Crippen LogP contribution < -0.4 is 0 Å². The highest BCUT2D eigenvalue weighted by atomic mass is 16.3. The Hall–Kier alpha value is -6.37. The first-order valence-corrected chi connectivity index (χ1v) is 15.3. The first kappa shape index (κ1) is 26.1. The third kappa shape index (κ3) is 4.05. The topological polar surface area (TPSA) is 50.1 Å². The van der Waals surface area contributed by atoms with E-state index in [1.54, 1.807) is 0 Å². The predicted octanol–water partition coefficient (Wildman–Crippen LogP) is 12.0. The van der Waals surface area contributed by atoms with Gasteiger partial charge in [-0.3, -0.25) is 0 Å². The standard InChI is InChI=1S/C43H25NO2/c44-26-29-10-1-2-11-30(29)31-12-3-4-13-32(31)39-24-27(28-21-23-36-34-14-5-7-18-40(34)45-42(36)25-28)20-22-33(39)37-16-9-17-38-35-15-6-8-19-41(35)46-43(37)38/h1-25H. The van der Waals surface area contributed by atoms with E-state index in [4.69, 9.17) is 8.83 Å². The summed E-state index contributed by atoms with van der Waals surface area (Å²) in [5.74, 6) is 0. The molecule has 214 valence electrons. The highest BCUT2D eigenvalue weighted by molar-refractivity contribution is 6.11. The molecule has 0 spiro atoms. The van der Waals surface area contributed by atoms with Crippen LogP contribution in [-0.2, 0) is 0 Å². The largest absolute Gasteiger partial charge is 0.456 e. The molecule has 0 saturated heterocycles. The molecular formula is C43H25NO2. The molecule has 2 aromatic heterocycles. The zero-order valence-electron chi connectivity index (χ0n) is 24.7. The fraction of sp³-hybridized carbons (Fsp3) is 0. The van der Waals surface area contributed by atoms with Gasteiger partial charge in [0.2, 0.25) is 0 Å². The van der Waals surface area contributed by atoms with Crippen LogP contribution in [-0.4, -0.2) is 0 Å². The van der Waals surface area contributed by atoms with Crippen molar-refractivity contribution in [2.24, 2.45) is 0 Å². The summed E-state index contributed by atoms with van der Waals surface area (Å²) in [5, 5.41) is 14.4. The molecular weight excluding hydrogens is 562 g/mol. The van der Waals surface area contributed by atoms with E-state index in [2.05, 4.69) is 91.0 Å². The third-order valence-electron chi connectivity index (χ3n) is 8.98. The molecule has 0 saturated carbocycles. The van der Waals surface area contributed by atoms with Crippen molar-refractivity contribution in [1.29, 1.82) is 5.26 Å². The number of furan rings is 2. The van der Waals surface area contributed by atoms with Crippen LogP contribution >= 0.6 is 0 Å². The van der Waals surface area contributed by atoms with E-state index in [0.717, 1.165) is 88.4 Å². The SMILES string of the molecule is N#Cc1ccccc1-c1ccccc1-c1cc(-c2ccc3c(c2)oc2ccccc23)ccc1-c1cccc2c1oc1ccccc12. The first-order chi connectivity index (χ1) is 22.8. The van der Waals surface area contributed by atoms with Crippen LogP contribution in [0.3, 0.4) is 0 Å². The predicted molar refractivity (Wildman–Crippen MR) is 187 cm³/mol. The molecule has 0 fully saturated rings. The molecule has 46 heavy (non-hydrogen) atoms. The second-order valence-electron chi connectivity index (χ2n) is 11.6. The van der Waals surface area contributed by atoms with Gasteiger partial charge in [-0.05, 0) is 69.8 Å². The zero-order valence-corrected chi connectivity index (χ0v) is 24.7. The number of hydrogen-bond acceptors (Lipinski definition) is 3. The smallest absolute Gasteiger partial charge is 0.143 e. The van der Waals surface area contributed by atoms with Crippen molar-refractivity contribution in [2.45, 2.75) is 0 Å². The molecule has 0 N–H and O–H groups in total. The van der Waals surface area contributed by atoms with Crippen LogP contribution in [0, 0.1) is 11.3 Å². The zero-order chi connectivity index (χ0) is 30.6. The number of para-hydroxylation sites is 3. The van der Waals surface area contributed by atoms with Crippen LogP contribution in [0.25, 0.3) is 88.4 Å². The summed E-state index contributed by atoms with van der Waals surface area (Å²) in [6, 6.07) is 54.3. The maximum absolute atomic E-state index is 10.0. The van der Waals surface area contributed by atoms with Crippen molar-refractivity contribution >= 4 is 43.9 Å². The van der Waals surface area contributed by atoms with Crippen LogP contribution in [0.1, 0.15) is 5.56 Å². The number of hydrogen-bond donors (Lipinski definition) is 0. The van der Waals surface area contributed by atoms with Crippen molar-refractivity contribution in [3.05, 3.63) is 157 Å². The van der Waals surface area contributed by atoms with Crippen LogP contribution in [0.15, 0.2) is 160 Å². The molecule has 9 rings (SSSR count). The normalized spacial score (nSPS) is 11.5. The second-order valence-corrected chi connectivity index (χ2v) is 11.6. The van der Waals surface area contributed by atoms with Crippen molar-refractivity contribution in [1.82, 2.24) is 0 Å². The third-order valence-corrected chi connectivity index (χ3v) is 8.98. The Labute approximate surface area is 265 Å². The summed E-state index contributed by atoms with van der Waals surface area (Å²) >= 11 is 0. The van der Waals surface area contributed by atoms with Gasteiger partial charge < -0.3 is 8.83 Å². The van der Waals surface area contributed by atoms with Gasteiger partial charge in [0, 0.05) is 32.7 Å². The van der Waals surface area contributed by atoms with E-state index in [0.29, 0.717) is 5.56 Å². The van der Waals surface area contributed by atoms with Gasteiger partial charge in [-0.2, -0.15) is 5.26 Å². The molecule has 2 heterocycles. The molecule has 3 nitrogen and oxygen atoms in total. The van der Waals surface area contributed by atoms with E-state index in [1.165, 1.54) is 0 Å². The van der Waals surface area contributed by atoms with Gasteiger partial charge in [0.1, 0.15) is 22.3 Å². The molecule has 0 bridgehead atoms. The summed E-state index contributed by atoms with van der Waals surface area (Å²) in [6.45, 7) is 0. The highest BCUT2D eigenvalue weighted by Crippen LogP contribution is 2.44. The lowest BCUT2D eigenvalue weighted by molar-refractivity contribution is 0.669. The van der Waals surface area contributed by atoms with Gasteiger partial charge in [-0.15, -0.1) is 0 Å². The molecule has 0 amide bonds. The van der Waals surface area contributed by atoms with Crippen molar-refractivity contribution in [3.63, 3.8) is 0 Å². The van der Waals surface area contributed by atoms with Crippen molar-refractivity contribution in [3.8, 4) is 50.6 Å². The van der Waals surface area contributed by atoms with E-state index < -0.39 is 0 Å². The first-order valence-electron chi connectivity index (χ1n) is 15.3. The molecule has 7 aromatic carbocycles. The lowest BCUT2D eigenvalue weighted by Crippen LogP contribution is -1.92. The summed E-state index contributed by atoms with van der Waals surface area (Å²) in [4.78, 5) is 0. The van der Waals surface area contributed by atoms with E-state index in [-0.39, 0.29) is 0 Å². The minimum Gasteiger partial charge on any atom is -0.456 e. The fourth-order valence-electron chi connectivity index (χ4n) is 6.81. The summed E-state index contributed by atoms with van der Waals surface area (Å²) in [7, 11) is 0. The number of nitrogens with zero attached hydrogens (tertiary/aromatic N) is 1. The van der Waals surface area contributed by atoms with Gasteiger partial charge in [0.25, 0.3) is 0 Å². The number of fused-ring (bicyclic) bond motifs is 6. The van der Waals surface area contributed by atoms with Crippen LogP contribution in [0.2, 0.25) is 0 Å². The van der Waals surface area contributed by atoms with Crippen molar-refractivity contribution < 1.29 is 8.83 Å².